The summed E-state index contributed by atoms with van der Waals surface area (Å²) in [5.74, 6) is 0.931. The van der Waals surface area contributed by atoms with Gasteiger partial charge in [0.15, 0.2) is 18.1 Å². The minimum absolute atomic E-state index is 0.0195. The Balaban J connectivity index is 1.51. The fourth-order valence-corrected chi connectivity index (χ4v) is 4.65. The molecule has 3 heterocycles. The lowest BCUT2D eigenvalue weighted by atomic mass is 10.1. The van der Waals surface area contributed by atoms with Crippen molar-refractivity contribution in [3.05, 3.63) is 76.7 Å². The molecule has 1 amide bonds. The van der Waals surface area contributed by atoms with E-state index in [4.69, 9.17) is 29.0 Å². The van der Waals surface area contributed by atoms with Gasteiger partial charge in [0.05, 0.1) is 36.6 Å². The molecule has 2 aromatic heterocycles. The van der Waals surface area contributed by atoms with Crippen molar-refractivity contribution >= 4 is 41.0 Å². The lowest BCUT2D eigenvalue weighted by Gasteiger charge is -2.19. The molecule has 11 nitrogen and oxygen atoms in total. The largest absolute Gasteiger partial charge is 0.514 e. The van der Waals surface area contributed by atoms with Crippen LogP contribution in [0.5, 0.6) is 17.2 Å². The number of carbonyl (C=O) groups is 2. The minimum atomic E-state index is -0.830. The van der Waals surface area contributed by atoms with Crippen LogP contribution in [0.2, 0.25) is 0 Å². The van der Waals surface area contributed by atoms with Crippen molar-refractivity contribution in [3.63, 3.8) is 0 Å². The van der Waals surface area contributed by atoms with Gasteiger partial charge in [0, 0.05) is 17.1 Å². The highest BCUT2D eigenvalue weighted by molar-refractivity contribution is 7.07. The Morgan fingerprint density at radius 2 is 2.02 bits per heavy atom. The number of aromatic nitrogens is 2. The Hall–Kier alpha value is -4.97. The molecule has 5 rings (SSSR count). The van der Waals surface area contributed by atoms with Gasteiger partial charge in [-0.1, -0.05) is 0 Å². The first-order valence-corrected chi connectivity index (χ1v) is 13.4. The maximum absolute atomic E-state index is 12.2. The Morgan fingerprint density at radius 3 is 2.78 bits per heavy atom. The lowest BCUT2D eigenvalue weighted by molar-refractivity contribution is -0.118. The molecule has 41 heavy (non-hydrogen) atoms. The number of methoxy groups -OCH3 is 1. The summed E-state index contributed by atoms with van der Waals surface area (Å²) in [6.45, 7) is 5.24. The number of fused-ring (bicyclic) bond motifs is 1. The van der Waals surface area contributed by atoms with Crippen LogP contribution in [0, 0.1) is 0 Å². The fraction of sp³-hybridized carbons (Fsp3) is 0.207. The van der Waals surface area contributed by atoms with E-state index in [0.717, 1.165) is 11.3 Å². The van der Waals surface area contributed by atoms with Crippen molar-refractivity contribution in [1.82, 2.24) is 9.66 Å². The number of nitrogens with zero attached hydrogens (tertiary/aromatic N) is 4. The van der Waals surface area contributed by atoms with Crippen molar-refractivity contribution in [1.29, 1.82) is 0 Å². The third kappa shape index (κ3) is 6.79. The summed E-state index contributed by atoms with van der Waals surface area (Å²) in [6.07, 6.45) is 4.15. The van der Waals surface area contributed by atoms with Gasteiger partial charge in [0.25, 0.3) is 5.91 Å². The van der Waals surface area contributed by atoms with E-state index in [1.807, 2.05) is 29.6 Å². The average Bonchev–Trinajstić information content (AvgIpc) is 3.33. The molecule has 210 valence electrons. The van der Waals surface area contributed by atoms with Gasteiger partial charge in [-0.05, 0) is 74.9 Å². The van der Waals surface area contributed by atoms with Crippen molar-refractivity contribution < 1.29 is 28.5 Å². The molecule has 4 aromatic rings. The van der Waals surface area contributed by atoms with Crippen molar-refractivity contribution in [2.75, 3.05) is 19.0 Å². The van der Waals surface area contributed by atoms with E-state index in [0.29, 0.717) is 33.2 Å². The van der Waals surface area contributed by atoms with Crippen LogP contribution in [0.15, 0.2) is 76.4 Å². The van der Waals surface area contributed by atoms with Crippen molar-refractivity contribution in [2.24, 2.45) is 10.1 Å². The van der Waals surface area contributed by atoms with Crippen molar-refractivity contribution in [2.45, 2.75) is 26.4 Å². The maximum Gasteiger partial charge on any atom is 0.514 e. The molecule has 2 aromatic carbocycles. The van der Waals surface area contributed by atoms with Crippen LogP contribution >= 0.6 is 11.3 Å². The second kappa shape index (κ2) is 11.6. The summed E-state index contributed by atoms with van der Waals surface area (Å²) >= 11 is 1.40. The molecule has 0 radical (unpaired) electrons. The molecule has 0 atom stereocenters. The number of anilines is 1. The van der Waals surface area contributed by atoms with E-state index >= 15 is 0 Å². The Bertz CT molecular complexity index is 1690. The molecule has 0 fully saturated rings. The van der Waals surface area contributed by atoms with Crippen LogP contribution in [-0.4, -0.2) is 47.3 Å². The van der Waals surface area contributed by atoms with Gasteiger partial charge in [-0.15, -0.1) is 11.3 Å². The Kier molecular flexibility index (Phi) is 7.83. The highest BCUT2D eigenvalue weighted by atomic mass is 32.1. The molecule has 0 saturated carbocycles. The van der Waals surface area contributed by atoms with E-state index < -0.39 is 11.8 Å². The van der Waals surface area contributed by atoms with Gasteiger partial charge in [-0.25, -0.2) is 14.5 Å². The molecule has 0 spiro atoms. The summed E-state index contributed by atoms with van der Waals surface area (Å²) < 4.78 is 23.2. The van der Waals surface area contributed by atoms with E-state index in [9.17, 15) is 9.59 Å². The van der Waals surface area contributed by atoms with Crippen LogP contribution in [0.1, 0.15) is 26.3 Å². The lowest BCUT2D eigenvalue weighted by Crippen LogP contribution is -2.26. The molecule has 1 aliphatic heterocycles. The van der Waals surface area contributed by atoms with Crippen LogP contribution in [0.3, 0.4) is 0 Å². The zero-order valence-electron chi connectivity index (χ0n) is 22.8. The number of hydrogen-bond acceptors (Lipinski definition) is 10. The van der Waals surface area contributed by atoms with Crippen molar-refractivity contribution in [3.8, 4) is 28.5 Å². The van der Waals surface area contributed by atoms with Gasteiger partial charge in [0.1, 0.15) is 11.4 Å². The fourth-order valence-electron chi connectivity index (χ4n) is 3.79. The number of amides is 1. The highest BCUT2D eigenvalue weighted by Crippen LogP contribution is 2.33. The zero-order valence-corrected chi connectivity index (χ0v) is 23.6. The predicted octanol–water partition coefficient (Wildman–Crippen LogP) is 5.38. The first kappa shape index (κ1) is 27.6. The topological polar surface area (TPSA) is 126 Å². The molecule has 0 bridgehead atoms. The van der Waals surface area contributed by atoms with E-state index in [2.05, 4.69) is 10.3 Å². The summed E-state index contributed by atoms with van der Waals surface area (Å²) in [7, 11) is 1.48. The van der Waals surface area contributed by atoms with Gasteiger partial charge in [-0.3, -0.25) is 9.78 Å². The predicted molar refractivity (Wildman–Crippen MR) is 154 cm³/mol. The second-order valence-electron chi connectivity index (χ2n) is 9.81. The smallest absolute Gasteiger partial charge is 0.493 e. The van der Waals surface area contributed by atoms with Gasteiger partial charge in [0.2, 0.25) is 4.80 Å². The number of pyridine rings is 1. The van der Waals surface area contributed by atoms with Gasteiger partial charge in [-0.2, -0.15) is 5.10 Å². The van der Waals surface area contributed by atoms with E-state index in [1.165, 1.54) is 18.4 Å². The van der Waals surface area contributed by atoms with Gasteiger partial charge >= 0.3 is 6.16 Å². The average molecular weight is 574 g/mol. The molecule has 0 aliphatic carbocycles. The van der Waals surface area contributed by atoms with Gasteiger partial charge < -0.3 is 24.3 Å². The second-order valence-corrected chi connectivity index (χ2v) is 10.6. The third-order valence-electron chi connectivity index (χ3n) is 5.56. The Labute approximate surface area is 239 Å². The molecular formula is C29H27N5O6S. The molecule has 0 unspecified atom stereocenters. The first-order valence-electron chi connectivity index (χ1n) is 12.5. The summed E-state index contributed by atoms with van der Waals surface area (Å²) in [4.78, 5) is 33.5. The normalized spacial score (nSPS) is 13.4. The monoisotopic (exact) mass is 573 g/mol. The van der Waals surface area contributed by atoms with Crippen LogP contribution < -0.4 is 24.3 Å². The molecule has 12 heteroatoms. The minimum Gasteiger partial charge on any atom is -0.493 e. The first-order chi connectivity index (χ1) is 19.7. The number of carbonyl (C=O) groups excluding carboxylic acids is 2. The summed E-state index contributed by atoms with van der Waals surface area (Å²) in [6, 6.07) is 14.2. The number of nitrogens with one attached hydrogen (secondary N) is 1. The SMILES string of the molecule is COc1cc(C=Nn2c(-c3ccc4c(c3)NC(=O)CO4)csc2=Nc2cccnc2)ccc1OC(=O)OC(C)(C)C. The maximum atomic E-state index is 12.2. The molecule has 0 saturated heterocycles. The van der Waals surface area contributed by atoms with Crippen LogP contribution in [0.4, 0.5) is 16.2 Å². The standard InChI is InChI=1S/C29H27N5O6S/c1-29(2,3)40-28(36)39-24-9-7-18(12-25(24)37-4)14-31-34-22(17-41-27(34)32-20-6-5-11-30-15-20)19-8-10-23-21(13-19)33-26(35)16-38-23/h5-15,17H,16H2,1-4H3,(H,33,35). The number of hydrogen-bond donors (Lipinski definition) is 1. The number of rotatable bonds is 6. The summed E-state index contributed by atoms with van der Waals surface area (Å²) in [5, 5.41) is 9.50. The quantitative estimate of drug-likeness (QED) is 0.186. The van der Waals surface area contributed by atoms with E-state index in [1.54, 1.807) is 68.3 Å². The zero-order chi connectivity index (χ0) is 29.0. The third-order valence-corrected chi connectivity index (χ3v) is 6.37. The number of thiazole rings is 1. The molecule has 1 aliphatic rings. The highest BCUT2D eigenvalue weighted by Gasteiger charge is 2.20. The Morgan fingerprint density at radius 1 is 1.17 bits per heavy atom. The number of benzene rings is 2. The molecule has 1 N–H and O–H groups in total. The van der Waals surface area contributed by atoms with Crippen LogP contribution in [-0.2, 0) is 9.53 Å². The van der Waals surface area contributed by atoms with E-state index in [-0.39, 0.29) is 18.3 Å². The summed E-state index contributed by atoms with van der Waals surface area (Å²) in [5.41, 5.74) is 2.78. The number of ether oxygens (including phenoxy) is 4. The van der Waals surface area contributed by atoms with Crippen LogP contribution in [0.25, 0.3) is 11.3 Å². The molecular weight excluding hydrogens is 546 g/mol.